The van der Waals surface area contributed by atoms with E-state index in [9.17, 15) is 24.0 Å². The summed E-state index contributed by atoms with van der Waals surface area (Å²) in [5.74, 6) is 0.879. The normalized spacial score (nSPS) is 16.6. The molecule has 2 aromatic carbocycles. The van der Waals surface area contributed by atoms with Crippen LogP contribution in [0.25, 0.3) is 11.0 Å². The van der Waals surface area contributed by atoms with Crippen molar-refractivity contribution in [2.45, 2.75) is 109 Å². The van der Waals surface area contributed by atoms with Crippen molar-refractivity contribution in [3.8, 4) is 11.5 Å². The molecule has 3 fully saturated rings. The highest BCUT2D eigenvalue weighted by Gasteiger charge is 2.25. The number of fused-ring (bicyclic) bond motifs is 1. The molecule has 0 spiro atoms. The van der Waals surface area contributed by atoms with Gasteiger partial charge in [-0.15, -0.1) is 0 Å². The van der Waals surface area contributed by atoms with Gasteiger partial charge < -0.3 is 35.3 Å². The lowest BCUT2D eigenvalue weighted by molar-refractivity contribution is -0.131. The predicted octanol–water partition coefficient (Wildman–Crippen LogP) is 6.09. The molecular weight excluding hydrogens is 1010 g/mol. The molecule has 3 aliphatic heterocycles. The number of hydrogen-bond acceptors (Lipinski definition) is 14. The average Bonchev–Trinajstić information content (AvgIpc) is 3.95. The lowest BCUT2D eigenvalue weighted by Crippen LogP contribution is -2.51. The van der Waals surface area contributed by atoms with E-state index in [1.165, 1.54) is 44.9 Å². The van der Waals surface area contributed by atoms with Gasteiger partial charge in [0.25, 0.3) is 17.4 Å². The third-order valence-corrected chi connectivity index (χ3v) is 14.8. The number of nitrogens with zero attached hydrogens (tertiary/aromatic N) is 7. The van der Waals surface area contributed by atoms with E-state index < -0.39 is 0 Å². The van der Waals surface area contributed by atoms with Crippen LogP contribution in [0.1, 0.15) is 98.7 Å². The molecule has 6 heterocycles. The lowest BCUT2D eigenvalue weighted by atomic mass is 10.0. The second-order valence-electron chi connectivity index (χ2n) is 19.7. The van der Waals surface area contributed by atoms with Crippen LogP contribution in [0.2, 0.25) is 0 Å². The van der Waals surface area contributed by atoms with Gasteiger partial charge in [0, 0.05) is 100 Å². The maximum atomic E-state index is 12.8. The van der Waals surface area contributed by atoms with Crippen molar-refractivity contribution < 1.29 is 28.7 Å². The van der Waals surface area contributed by atoms with Crippen LogP contribution >= 0.6 is 11.9 Å². The van der Waals surface area contributed by atoms with E-state index in [2.05, 4.69) is 56.6 Å². The molecule has 9 rings (SSSR count). The summed E-state index contributed by atoms with van der Waals surface area (Å²) in [5.41, 5.74) is 5.27. The van der Waals surface area contributed by atoms with E-state index in [4.69, 9.17) is 9.47 Å². The van der Waals surface area contributed by atoms with Crippen LogP contribution in [-0.2, 0) is 40.4 Å². The molecule has 1 aliphatic carbocycles. The van der Waals surface area contributed by atoms with Crippen LogP contribution in [0.15, 0.2) is 106 Å². The number of carbonyl (C=O) groups excluding carboxylic acids is 4. The van der Waals surface area contributed by atoms with Gasteiger partial charge in [-0.25, -0.2) is 0 Å². The SMILES string of the molecule is C1CCCCC1.CCOc1cc(OC)ccc1CNCC(=O)N1CCCCC1.CCc1cc2ncc(CN3CCN(C4C=CC(C(=O)NCCn5cc(SNC(=O)CNC(=O)c6ccccc6)cn5)=NC4)CC3)cc2[nH]c1=O. The molecular formula is C58H78N12O7S. The number of piperazine rings is 1. The van der Waals surface area contributed by atoms with Crippen molar-refractivity contribution in [1.29, 1.82) is 0 Å². The predicted molar refractivity (Wildman–Crippen MR) is 306 cm³/mol. The van der Waals surface area contributed by atoms with Gasteiger partial charge >= 0.3 is 0 Å². The molecule has 5 N–H and O–H groups in total. The molecule has 1 atom stereocenters. The number of ether oxygens (including phenoxy) is 2. The fourth-order valence-corrected chi connectivity index (χ4v) is 10.1. The molecule has 2 saturated heterocycles. The van der Waals surface area contributed by atoms with Crippen LogP contribution in [0, 0.1) is 0 Å². The van der Waals surface area contributed by atoms with Crippen molar-refractivity contribution >= 4 is 52.3 Å². The second-order valence-corrected chi connectivity index (χ2v) is 20.5. The highest BCUT2D eigenvalue weighted by molar-refractivity contribution is 7.98. The number of amides is 4. The number of rotatable bonds is 20. The summed E-state index contributed by atoms with van der Waals surface area (Å²) in [6.45, 7) is 12.8. The molecule has 5 aromatic rings. The monoisotopic (exact) mass is 1090 g/mol. The first-order valence-electron chi connectivity index (χ1n) is 27.7. The van der Waals surface area contributed by atoms with Crippen molar-refractivity contribution in [2.24, 2.45) is 4.99 Å². The number of aliphatic imine (C=N–C) groups is 1. The Morgan fingerprint density at radius 2 is 1.55 bits per heavy atom. The first-order chi connectivity index (χ1) is 38.1. The van der Waals surface area contributed by atoms with Gasteiger partial charge in [0.2, 0.25) is 11.8 Å². The maximum Gasteiger partial charge on any atom is 0.269 e. The minimum Gasteiger partial charge on any atom is -0.497 e. The maximum absolute atomic E-state index is 12.8. The summed E-state index contributed by atoms with van der Waals surface area (Å²) in [6, 6.07) is 18.5. The standard InChI is InChI=1S/C35H40N10O4S.C17H26N2O3.C6H12/c1-2-25-17-30-31(41-34(25)48)16-24(18-37-30)22-43-12-14-44(15-13-43)27-8-9-29(38-19-27)35(49)36-10-11-45-23-28(20-40-45)50-42-32(46)21-39-33(47)26-6-4-3-5-7-26;1-3-22-16-11-15(21-2)8-7-14(16)12-18-13-17(20)19-9-5-4-6-10-19;1-2-4-6-5-3-1/h3-9,16-18,20,23,27H,2,10-15,19,21-22H2,1H3,(H,36,49)(H,39,47)(H,41,48)(H,42,46);7-8,11,18H,3-6,9-10,12-13H2,1-2H3;1-6H2. The van der Waals surface area contributed by atoms with Gasteiger partial charge in [0.15, 0.2) is 0 Å². The van der Waals surface area contributed by atoms with Crippen LogP contribution in [0.3, 0.4) is 0 Å². The zero-order valence-corrected chi connectivity index (χ0v) is 46.4. The topological polar surface area (TPSA) is 221 Å². The summed E-state index contributed by atoms with van der Waals surface area (Å²) in [5, 5.41) is 13.0. The van der Waals surface area contributed by atoms with Gasteiger partial charge in [-0.05, 0) is 86.5 Å². The van der Waals surface area contributed by atoms with Gasteiger partial charge in [0.05, 0.1) is 62.0 Å². The summed E-state index contributed by atoms with van der Waals surface area (Å²) >= 11 is 1.10. The largest absolute Gasteiger partial charge is 0.497 e. The van der Waals surface area contributed by atoms with Crippen molar-refractivity contribution in [3.05, 3.63) is 124 Å². The molecule has 4 aliphatic rings. The summed E-state index contributed by atoms with van der Waals surface area (Å²) in [6.07, 6.45) is 22.3. The van der Waals surface area contributed by atoms with Crippen molar-refractivity contribution in [3.63, 3.8) is 0 Å². The lowest BCUT2D eigenvalue weighted by Gasteiger charge is -2.38. The number of dihydropyridines is 1. The van der Waals surface area contributed by atoms with Gasteiger partial charge in [-0.1, -0.05) is 75.8 Å². The van der Waals surface area contributed by atoms with E-state index in [1.807, 2.05) is 61.3 Å². The minimum absolute atomic E-state index is 0.0512. The van der Waals surface area contributed by atoms with E-state index in [0.717, 1.165) is 115 Å². The number of H-pyrrole nitrogens is 1. The quantitative estimate of drug-likeness (QED) is 0.0559. The van der Waals surface area contributed by atoms with E-state index in [0.29, 0.717) is 57.0 Å². The van der Waals surface area contributed by atoms with Crippen molar-refractivity contribution in [1.82, 2.24) is 55.1 Å². The number of aryl methyl sites for hydroxylation is 1. The number of carbonyl (C=O) groups is 4. The van der Waals surface area contributed by atoms with E-state index in [1.54, 1.807) is 54.5 Å². The Morgan fingerprint density at radius 3 is 2.24 bits per heavy atom. The Bertz CT molecular complexity index is 2830. The Labute approximate surface area is 462 Å². The smallest absolute Gasteiger partial charge is 0.269 e. The number of hydrogen-bond donors (Lipinski definition) is 5. The number of aromatic amines is 1. The second kappa shape index (κ2) is 31.5. The summed E-state index contributed by atoms with van der Waals surface area (Å²) in [4.78, 5) is 80.9. The molecule has 4 amide bonds. The number of aromatic nitrogens is 4. The van der Waals surface area contributed by atoms with Gasteiger partial charge in [-0.2, -0.15) is 5.10 Å². The highest BCUT2D eigenvalue weighted by Crippen LogP contribution is 2.25. The van der Waals surface area contributed by atoms with Gasteiger partial charge in [0.1, 0.15) is 17.2 Å². The molecule has 19 nitrogen and oxygen atoms in total. The molecule has 1 unspecified atom stereocenters. The molecule has 0 radical (unpaired) electrons. The third-order valence-electron chi connectivity index (χ3n) is 14.0. The van der Waals surface area contributed by atoms with Crippen LogP contribution in [-0.4, -0.2) is 149 Å². The number of piperidine rings is 1. The van der Waals surface area contributed by atoms with Crippen molar-refractivity contribution in [2.75, 3.05) is 79.2 Å². The van der Waals surface area contributed by atoms with E-state index in [-0.39, 0.29) is 41.8 Å². The Morgan fingerprint density at radius 1 is 0.808 bits per heavy atom. The van der Waals surface area contributed by atoms with Crippen LogP contribution in [0.4, 0.5) is 0 Å². The third kappa shape index (κ3) is 18.7. The average molecular weight is 1090 g/mol. The van der Waals surface area contributed by atoms with Crippen LogP contribution in [0.5, 0.6) is 11.5 Å². The molecule has 418 valence electrons. The Hall–Kier alpha value is -6.87. The number of likely N-dealkylation sites (tertiary alicyclic amines) is 1. The molecule has 1 saturated carbocycles. The highest BCUT2D eigenvalue weighted by atomic mass is 32.2. The zero-order valence-electron chi connectivity index (χ0n) is 45.6. The number of benzene rings is 2. The summed E-state index contributed by atoms with van der Waals surface area (Å²) < 4.78 is 15.2. The number of nitrogens with one attached hydrogen (secondary N) is 5. The molecule has 0 bridgehead atoms. The fraction of sp³-hybridized carbons (Fsp3) is 0.483. The Balaban J connectivity index is 0.000000258. The molecule has 20 heteroatoms. The number of methoxy groups -OCH3 is 1. The first kappa shape index (κ1) is 58.8. The fourth-order valence-electron chi connectivity index (χ4n) is 9.54. The zero-order chi connectivity index (χ0) is 54.9. The number of pyridine rings is 2. The van der Waals surface area contributed by atoms with Crippen LogP contribution < -0.4 is 35.7 Å². The molecule has 78 heavy (non-hydrogen) atoms. The minimum atomic E-state index is -0.342. The molecule has 3 aromatic heterocycles. The van der Waals surface area contributed by atoms with Gasteiger partial charge in [-0.3, -0.25) is 53.2 Å². The summed E-state index contributed by atoms with van der Waals surface area (Å²) in [7, 11) is 1.64. The Kier molecular flexibility index (Phi) is 23.8. The van der Waals surface area contributed by atoms with E-state index >= 15 is 0 Å². The first-order valence-corrected chi connectivity index (χ1v) is 28.5.